The predicted octanol–water partition coefficient (Wildman–Crippen LogP) is 1.84. The fourth-order valence-corrected chi connectivity index (χ4v) is 2.26. The first kappa shape index (κ1) is 9.39. The molecule has 1 aliphatic heterocycles. The Kier molecular flexibility index (Phi) is 2.13. The van der Waals surface area contributed by atoms with Gasteiger partial charge < -0.3 is 5.32 Å². The van der Waals surface area contributed by atoms with Gasteiger partial charge in [0.2, 0.25) is 0 Å². The lowest BCUT2D eigenvalue weighted by Crippen LogP contribution is -2.13. The van der Waals surface area contributed by atoms with Gasteiger partial charge >= 0.3 is 0 Å². The van der Waals surface area contributed by atoms with Crippen molar-refractivity contribution in [2.75, 3.05) is 11.9 Å². The molecular formula is C12H14N4. The first-order valence-electron chi connectivity index (χ1n) is 5.56. The second-order valence-electron chi connectivity index (χ2n) is 4.07. The molecule has 16 heavy (non-hydrogen) atoms. The summed E-state index contributed by atoms with van der Waals surface area (Å²) in [5.41, 5.74) is 3.81. The molecule has 0 saturated carbocycles. The first-order valence-corrected chi connectivity index (χ1v) is 5.56. The maximum atomic E-state index is 4.32. The number of fused-ring (bicyclic) bond motifs is 1. The van der Waals surface area contributed by atoms with E-state index < -0.39 is 0 Å². The van der Waals surface area contributed by atoms with Gasteiger partial charge in [-0.2, -0.15) is 5.10 Å². The molecule has 4 nitrogen and oxygen atoms in total. The lowest BCUT2D eigenvalue weighted by molar-refractivity contribution is 0.770. The molecule has 1 aromatic carbocycles. The van der Waals surface area contributed by atoms with E-state index in [4.69, 9.17) is 0 Å². The summed E-state index contributed by atoms with van der Waals surface area (Å²) < 4.78 is 1.82. The summed E-state index contributed by atoms with van der Waals surface area (Å²) in [5, 5.41) is 7.55. The van der Waals surface area contributed by atoms with Crippen LogP contribution in [0.2, 0.25) is 0 Å². The molecule has 0 fully saturated rings. The van der Waals surface area contributed by atoms with E-state index in [2.05, 4.69) is 33.6 Å². The molecule has 1 aliphatic rings. The van der Waals surface area contributed by atoms with Crippen molar-refractivity contribution in [2.24, 2.45) is 7.05 Å². The van der Waals surface area contributed by atoms with Gasteiger partial charge in [-0.25, -0.2) is 9.67 Å². The van der Waals surface area contributed by atoms with Gasteiger partial charge in [0, 0.05) is 24.8 Å². The maximum Gasteiger partial charge on any atom is 0.158 e. The van der Waals surface area contributed by atoms with Crippen LogP contribution in [0.15, 0.2) is 24.5 Å². The highest BCUT2D eigenvalue weighted by atomic mass is 15.3. The molecule has 2 heterocycles. The topological polar surface area (TPSA) is 42.7 Å². The molecule has 0 unspecified atom stereocenters. The van der Waals surface area contributed by atoms with E-state index in [0.29, 0.717) is 0 Å². The van der Waals surface area contributed by atoms with E-state index in [-0.39, 0.29) is 0 Å². The molecule has 3 rings (SSSR count). The maximum absolute atomic E-state index is 4.32. The lowest BCUT2D eigenvalue weighted by Gasteiger charge is -2.20. The van der Waals surface area contributed by atoms with Crippen molar-refractivity contribution in [2.45, 2.75) is 12.8 Å². The number of rotatable bonds is 1. The van der Waals surface area contributed by atoms with Gasteiger partial charge in [-0.3, -0.25) is 0 Å². The number of nitrogens with one attached hydrogen (secondary N) is 1. The normalized spacial score (nSPS) is 14.3. The molecule has 82 valence electrons. The van der Waals surface area contributed by atoms with Crippen molar-refractivity contribution >= 4 is 5.69 Å². The van der Waals surface area contributed by atoms with Crippen molar-refractivity contribution in [1.29, 1.82) is 0 Å². The Hall–Kier alpha value is -1.84. The second kappa shape index (κ2) is 3.63. The minimum Gasteiger partial charge on any atom is -0.385 e. The molecule has 2 aromatic rings. The van der Waals surface area contributed by atoms with Crippen LogP contribution in [0.5, 0.6) is 0 Å². The summed E-state index contributed by atoms with van der Waals surface area (Å²) in [7, 11) is 1.93. The van der Waals surface area contributed by atoms with E-state index in [9.17, 15) is 0 Å². The second-order valence-corrected chi connectivity index (χ2v) is 4.07. The summed E-state index contributed by atoms with van der Waals surface area (Å²) >= 11 is 0. The van der Waals surface area contributed by atoms with Crippen LogP contribution in [0.1, 0.15) is 12.0 Å². The number of anilines is 1. The average molecular weight is 214 g/mol. The summed E-state index contributed by atoms with van der Waals surface area (Å²) in [6.45, 7) is 1.06. The quantitative estimate of drug-likeness (QED) is 0.787. The van der Waals surface area contributed by atoms with E-state index in [1.165, 1.54) is 23.2 Å². The lowest BCUT2D eigenvalue weighted by atomic mass is 9.97. The predicted molar refractivity (Wildman–Crippen MR) is 63.2 cm³/mol. The molecule has 1 N–H and O–H groups in total. The standard InChI is InChI=1S/C12H14N4/c1-16-12(14-8-15-16)10-4-2-6-11-9(10)5-3-7-13-11/h2,4,6,8,13H,3,5,7H2,1H3. The van der Waals surface area contributed by atoms with E-state index in [1.807, 2.05) is 11.7 Å². The zero-order chi connectivity index (χ0) is 11.0. The Morgan fingerprint density at radius 1 is 1.38 bits per heavy atom. The van der Waals surface area contributed by atoms with Crippen LogP contribution >= 0.6 is 0 Å². The van der Waals surface area contributed by atoms with Crippen LogP contribution < -0.4 is 5.32 Å². The molecular weight excluding hydrogens is 200 g/mol. The minimum absolute atomic E-state index is 0.945. The molecule has 0 saturated heterocycles. The van der Waals surface area contributed by atoms with Crippen LogP contribution in [0.4, 0.5) is 5.69 Å². The average Bonchev–Trinajstić information content (AvgIpc) is 2.75. The molecule has 0 radical (unpaired) electrons. The van der Waals surface area contributed by atoms with Gasteiger partial charge in [-0.1, -0.05) is 12.1 Å². The van der Waals surface area contributed by atoms with Crippen molar-refractivity contribution in [1.82, 2.24) is 14.8 Å². The fraction of sp³-hybridized carbons (Fsp3) is 0.333. The van der Waals surface area contributed by atoms with Crippen LogP contribution in [0, 0.1) is 0 Å². The van der Waals surface area contributed by atoms with Gasteiger partial charge in [0.25, 0.3) is 0 Å². The summed E-state index contributed by atoms with van der Waals surface area (Å²) in [4.78, 5) is 4.32. The van der Waals surface area contributed by atoms with Gasteiger partial charge in [-0.05, 0) is 24.5 Å². The Balaban J connectivity index is 2.18. The molecule has 0 bridgehead atoms. The van der Waals surface area contributed by atoms with Crippen LogP contribution in [0.25, 0.3) is 11.4 Å². The van der Waals surface area contributed by atoms with Crippen molar-refractivity contribution in [3.8, 4) is 11.4 Å². The monoisotopic (exact) mass is 214 g/mol. The smallest absolute Gasteiger partial charge is 0.158 e. The Labute approximate surface area is 94.3 Å². The van der Waals surface area contributed by atoms with Gasteiger partial charge in [0.15, 0.2) is 5.82 Å². The van der Waals surface area contributed by atoms with Gasteiger partial charge in [0.1, 0.15) is 6.33 Å². The number of hydrogen-bond donors (Lipinski definition) is 1. The number of nitrogens with zero attached hydrogens (tertiary/aromatic N) is 3. The number of aromatic nitrogens is 3. The van der Waals surface area contributed by atoms with Crippen molar-refractivity contribution < 1.29 is 0 Å². The van der Waals surface area contributed by atoms with Crippen molar-refractivity contribution in [3.63, 3.8) is 0 Å². The Morgan fingerprint density at radius 3 is 3.12 bits per heavy atom. The Bertz CT molecular complexity index is 515. The van der Waals surface area contributed by atoms with Gasteiger partial charge in [0.05, 0.1) is 0 Å². The van der Waals surface area contributed by atoms with Crippen molar-refractivity contribution in [3.05, 3.63) is 30.1 Å². The third kappa shape index (κ3) is 1.38. The Morgan fingerprint density at radius 2 is 2.31 bits per heavy atom. The van der Waals surface area contributed by atoms with E-state index >= 15 is 0 Å². The number of aryl methyl sites for hydroxylation is 1. The molecule has 4 heteroatoms. The highest BCUT2D eigenvalue weighted by Gasteiger charge is 2.15. The molecule has 0 aliphatic carbocycles. The number of hydrogen-bond acceptors (Lipinski definition) is 3. The molecule has 1 aromatic heterocycles. The number of benzene rings is 1. The van der Waals surface area contributed by atoms with Gasteiger partial charge in [-0.15, -0.1) is 0 Å². The van der Waals surface area contributed by atoms with Crippen LogP contribution in [-0.2, 0) is 13.5 Å². The van der Waals surface area contributed by atoms with E-state index in [0.717, 1.165) is 18.8 Å². The zero-order valence-electron chi connectivity index (χ0n) is 9.27. The third-order valence-corrected chi connectivity index (χ3v) is 3.05. The summed E-state index contributed by atoms with van der Waals surface area (Å²) in [6, 6.07) is 6.32. The van der Waals surface area contributed by atoms with Crippen LogP contribution in [-0.4, -0.2) is 21.3 Å². The highest BCUT2D eigenvalue weighted by molar-refractivity contribution is 5.70. The third-order valence-electron chi connectivity index (χ3n) is 3.05. The molecule has 0 amide bonds. The van der Waals surface area contributed by atoms with E-state index in [1.54, 1.807) is 6.33 Å². The minimum atomic E-state index is 0.945. The largest absolute Gasteiger partial charge is 0.385 e. The first-order chi connectivity index (χ1) is 7.86. The highest BCUT2D eigenvalue weighted by Crippen LogP contribution is 2.30. The fourth-order valence-electron chi connectivity index (χ4n) is 2.26. The zero-order valence-corrected chi connectivity index (χ0v) is 9.27. The SMILES string of the molecule is Cn1ncnc1-c1cccc2c1CCCN2. The summed E-state index contributed by atoms with van der Waals surface area (Å²) in [5.74, 6) is 0.945. The van der Waals surface area contributed by atoms with Crippen LogP contribution in [0.3, 0.4) is 0 Å². The molecule has 0 atom stereocenters. The molecule has 0 spiro atoms. The summed E-state index contributed by atoms with van der Waals surface area (Å²) in [6.07, 6.45) is 3.90.